The minimum atomic E-state index is -0.872. The summed E-state index contributed by atoms with van der Waals surface area (Å²) in [5.74, 6) is -0.435. The second-order valence-corrected chi connectivity index (χ2v) is 11.9. The number of rotatable bonds is 6. The van der Waals surface area contributed by atoms with Crippen LogP contribution in [0.25, 0.3) is 22.2 Å². The van der Waals surface area contributed by atoms with Crippen LogP contribution in [0.1, 0.15) is 45.9 Å². The Kier molecular flexibility index (Phi) is 7.77. The van der Waals surface area contributed by atoms with Gasteiger partial charge in [0, 0.05) is 35.6 Å². The summed E-state index contributed by atoms with van der Waals surface area (Å²) in [6, 6.07) is 4.86. The molecule has 6 rings (SSSR count). The van der Waals surface area contributed by atoms with Gasteiger partial charge in [-0.2, -0.15) is 0 Å². The molecule has 3 saturated heterocycles. The van der Waals surface area contributed by atoms with E-state index in [4.69, 9.17) is 25.8 Å². The zero-order valence-electron chi connectivity index (χ0n) is 23.5. The zero-order chi connectivity index (χ0) is 29.0. The Morgan fingerprint density at radius 2 is 1.98 bits per heavy atom. The van der Waals surface area contributed by atoms with Gasteiger partial charge in [-0.1, -0.05) is 17.7 Å². The Morgan fingerprint density at radius 3 is 2.71 bits per heavy atom. The Bertz CT molecular complexity index is 1510. The van der Waals surface area contributed by atoms with Gasteiger partial charge in [0.2, 0.25) is 11.4 Å². The fourth-order valence-electron chi connectivity index (χ4n) is 6.16. The minimum absolute atomic E-state index is 0.0812. The number of hydrogen-bond donors (Lipinski definition) is 2. The molecule has 2 aromatic heterocycles. The first-order valence-electron chi connectivity index (χ1n) is 14.1. The number of hydrogen-bond acceptors (Lipinski definition) is 9. The number of nitrogens with zero attached hydrogens (tertiary/aromatic N) is 4. The van der Waals surface area contributed by atoms with E-state index < -0.39 is 23.6 Å². The number of aromatic nitrogens is 3. The van der Waals surface area contributed by atoms with Crippen molar-refractivity contribution in [2.45, 2.75) is 83.3 Å². The standard InChI is InChI=1S/C29H35ClFN5O5/c1-14(2)36-22-7-17(5-6-19(22)26(37)24(31)23(36)10-35-15(3)11-39-12-16(35)4)25-20(30)9-32-29(34-25)33-21-8-18-13-40-28(41-18)27(21)38/h5-7,9,14-16,18,21,27-28,38H,8,10-13H2,1-4H3,(H,32,33,34)/t15-,16-,18-,21+,27-,28+/m0/s1. The molecule has 3 fully saturated rings. The molecule has 1 aromatic carbocycles. The van der Waals surface area contributed by atoms with Crippen molar-refractivity contribution < 1.29 is 23.7 Å². The molecular weight excluding hydrogens is 553 g/mol. The van der Waals surface area contributed by atoms with Crippen molar-refractivity contribution in [1.29, 1.82) is 0 Å². The minimum Gasteiger partial charge on any atom is -0.386 e. The third kappa shape index (κ3) is 5.24. The highest BCUT2D eigenvalue weighted by Gasteiger charge is 2.43. The molecular formula is C29H35ClFN5O5. The van der Waals surface area contributed by atoms with Crippen molar-refractivity contribution in [3.8, 4) is 11.3 Å². The fourth-order valence-corrected chi connectivity index (χ4v) is 6.36. The van der Waals surface area contributed by atoms with Crippen LogP contribution in [0.5, 0.6) is 0 Å². The highest BCUT2D eigenvalue weighted by Crippen LogP contribution is 2.33. The molecule has 2 N–H and O–H groups in total. The average Bonchev–Trinajstić information content (AvgIpc) is 3.36. The van der Waals surface area contributed by atoms with E-state index >= 15 is 4.39 Å². The second kappa shape index (κ2) is 11.2. The Hall–Kier alpha value is -2.67. The maximum absolute atomic E-state index is 15.7. The normalized spacial score (nSPS) is 28.5. The molecule has 0 aliphatic carbocycles. The Balaban J connectivity index is 1.40. The van der Waals surface area contributed by atoms with Crippen LogP contribution in [-0.4, -0.2) is 81.0 Å². The molecule has 2 bridgehead atoms. The van der Waals surface area contributed by atoms with Gasteiger partial charge in [0.05, 0.1) is 60.1 Å². The molecule has 0 saturated carbocycles. The highest BCUT2D eigenvalue weighted by molar-refractivity contribution is 6.33. The summed E-state index contributed by atoms with van der Waals surface area (Å²) < 4.78 is 34.4. The summed E-state index contributed by atoms with van der Waals surface area (Å²) in [6.07, 6.45) is 0.399. The number of pyridine rings is 1. The highest BCUT2D eigenvalue weighted by atomic mass is 35.5. The van der Waals surface area contributed by atoms with Crippen LogP contribution in [-0.2, 0) is 20.8 Å². The summed E-state index contributed by atoms with van der Waals surface area (Å²) in [7, 11) is 0. The number of nitrogens with one attached hydrogen (secondary N) is 1. The van der Waals surface area contributed by atoms with Crippen LogP contribution in [0.3, 0.4) is 0 Å². The van der Waals surface area contributed by atoms with Gasteiger partial charge in [-0.05, 0) is 46.2 Å². The lowest BCUT2D eigenvalue weighted by Gasteiger charge is -2.39. The van der Waals surface area contributed by atoms with Gasteiger partial charge in [-0.3, -0.25) is 9.69 Å². The quantitative estimate of drug-likeness (QED) is 0.446. The van der Waals surface area contributed by atoms with E-state index in [1.165, 1.54) is 6.20 Å². The van der Waals surface area contributed by atoms with Crippen molar-refractivity contribution in [2.75, 3.05) is 25.1 Å². The van der Waals surface area contributed by atoms with Crippen molar-refractivity contribution in [1.82, 2.24) is 19.4 Å². The summed E-state index contributed by atoms with van der Waals surface area (Å²) >= 11 is 6.57. The maximum Gasteiger partial charge on any atom is 0.225 e. The number of halogens is 2. The van der Waals surface area contributed by atoms with Crippen LogP contribution in [0.15, 0.2) is 29.2 Å². The SMILES string of the molecule is CC(C)n1c(CN2[C@@H](C)COC[C@@H]2C)c(F)c(=O)c2ccc(-c3nc(N[C@@H]4C[C@H]5CO[C@H](O5)[C@H]4O)ncc3Cl)cc21. The van der Waals surface area contributed by atoms with Gasteiger partial charge in [0.25, 0.3) is 0 Å². The average molecular weight is 588 g/mol. The van der Waals surface area contributed by atoms with Gasteiger partial charge in [-0.25, -0.2) is 14.4 Å². The Labute approximate surface area is 242 Å². The van der Waals surface area contributed by atoms with Gasteiger partial charge in [0.15, 0.2) is 12.1 Å². The molecule has 6 atom stereocenters. The van der Waals surface area contributed by atoms with Crippen molar-refractivity contribution >= 4 is 28.5 Å². The van der Waals surface area contributed by atoms with E-state index in [0.29, 0.717) is 59.7 Å². The van der Waals surface area contributed by atoms with E-state index in [2.05, 4.69) is 20.2 Å². The van der Waals surface area contributed by atoms with Gasteiger partial charge in [-0.15, -0.1) is 0 Å². The smallest absolute Gasteiger partial charge is 0.225 e. The van der Waals surface area contributed by atoms with E-state index in [-0.39, 0.29) is 42.2 Å². The largest absolute Gasteiger partial charge is 0.386 e. The molecule has 0 amide bonds. The van der Waals surface area contributed by atoms with Crippen LogP contribution in [0, 0.1) is 5.82 Å². The third-order valence-electron chi connectivity index (χ3n) is 8.26. The summed E-state index contributed by atoms with van der Waals surface area (Å²) in [6.45, 7) is 9.87. The topological polar surface area (TPSA) is 111 Å². The molecule has 41 heavy (non-hydrogen) atoms. The second-order valence-electron chi connectivity index (χ2n) is 11.5. The number of morpholine rings is 1. The molecule has 10 nitrogen and oxygen atoms in total. The number of benzene rings is 1. The number of aliphatic hydroxyl groups is 1. The monoisotopic (exact) mass is 587 g/mol. The number of ether oxygens (including phenoxy) is 3. The van der Waals surface area contributed by atoms with E-state index in [9.17, 15) is 9.90 Å². The third-order valence-corrected chi connectivity index (χ3v) is 8.53. The molecule has 3 aliphatic rings. The molecule has 0 radical (unpaired) electrons. The lowest BCUT2D eigenvalue weighted by molar-refractivity contribution is -0.156. The van der Waals surface area contributed by atoms with Gasteiger partial charge < -0.3 is 29.2 Å². The zero-order valence-corrected chi connectivity index (χ0v) is 24.3. The molecule has 0 unspecified atom stereocenters. The van der Waals surface area contributed by atoms with Crippen LogP contribution in [0.2, 0.25) is 5.02 Å². The predicted molar refractivity (Wildman–Crippen MR) is 153 cm³/mol. The number of fused-ring (bicyclic) bond motifs is 3. The number of aliphatic hydroxyl groups excluding tert-OH is 1. The summed E-state index contributed by atoms with van der Waals surface area (Å²) in [5, 5.41) is 14.4. The van der Waals surface area contributed by atoms with Crippen molar-refractivity contribution in [2.24, 2.45) is 0 Å². The van der Waals surface area contributed by atoms with Gasteiger partial charge in [0.1, 0.15) is 6.10 Å². The van der Waals surface area contributed by atoms with Crippen molar-refractivity contribution in [3.63, 3.8) is 0 Å². The molecule has 3 aromatic rings. The van der Waals surface area contributed by atoms with Gasteiger partial charge >= 0.3 is 0 Å². The van der Waals surface area contributed by atoms with E-state index in [1.807, 2.05) is 38.3 Å². The molecule has 5 heterocycles. The van der Waals surface area contributed by atoms with Crippen molar-refractivity contribution in [3.05, 3.63) is 51.2 Å². The number of anilines is 1. The maximum atomic E-state index is 15.7. The Morgan fingerprint density at radius 1 is 1.22 bits per heavy atom. The first-order chi connectivity index (χ1) is 19.6. The van der Waals surface area contributed by atoms with Crippen LogP contribution < -0.4 is 10.7 Å². The fraction of sp³-hybridized carbons (Fsp3) is 0.552. The van der Waals surface area contributed by atoms with Crippen LogP contribution in [0.4, 0.5) is 10.3 Å². The predicted octanol–water partition coefficient (Wildman–Crippen LogP) is 3.73. The first kappa shape index (κ1) is 28.4. The van der Waals surface area contributed by atoms with E-state index in [1.54, 1.807) is 12.1 Å². The summed E-state index contributed by atoms with van der Waals surface area (Å²) in [4.78, 5) is 24.4. The summed E-state index contributed by atoms with van der Waals surface area (Å²) in [5.41, 5.74) is 1.43. The van der Waals surface area contributed by atoms with E-state index in [0.717, 1.165) is 0 Å². The molecule has 220 valence electrons. The lowest BCUT2D eigenvalue weighted by Crippen LogP contribution is -2.49. The molecule has 12 heteroatoms. The molecule has 3 aliphatic heterocycles. The first-order valence-corrected chi connectivity index (χ1v) is 14.4. The van der Waals surface area contributed by atoms with Crippen LogP contribution >= 0.6 is 11.6 Å². The lowest BCUT2D eigenvalue weighted by atomic mass is 10.0. The molecule has 0 spiro atoms.